The van der Waals surface area contributed by atoms with E-state index in [9.17, 15) is 9.59 Å². The molecular formula is C14H14N2O3S. The van der Waals surface area contributed by atoms with E-state index in [4.69, 9.17) is 5.11 Å². The van der Waals surface area contributed by atoms with Crippen LogP contribution < -0.4 is 5.43 Å². The van der Waals surface area contributed by atoms with Gasteiger partial charge in [0.25, 0.3) is 0 Å². The number of para-hydroxylation sites is 1. The summed E-state index contributed by atoms with van der Waals surface area (Å²) < 4.78 is 1.47. The fourth-order valence-electron chi connectivity index (χ4n) is 1.87. The lowest BCUT2D eigenvalue weighted by molar-refractivity contribution is 0.0686. The molecule has 104 valence electrons. The van der Waals surface area contributed by atoms with E-state index < -0.39 is 17.1 Å². The summed E-state index contributed by atoms with van der Waals surface area (Å²) in [4.78, 5) is 24.0. The molecule has 20 heavy (non-hydrogen) atoms. The topological polar surface area (TPSA) is 72.2 Å². The Morgan fingerprint density at radius 2 is 2.10 bits per heavy atom. The van der Waals surface area contributed by atoms with Gasteiger partial charge in [-0.05, 0) is 24.8 Å². The third kappa shape index (κ3) is 2.60. The summed E-state index contributed by atoms with van der Waals surface area (Å²) in [5.41, 5.74) is 0.239. The van der Waals surface area contributed by atoms with E-state index >= 15 is 0 Å². The molecule has 0 fully saturated rings. The van der Waals surface area contributed by atoms with E-state index in [1.54, 1.807) is 6.20 Å². The van der Waals surface area contributed by atoms with Gasteiger partial charge in [-0.2, -0.15) is 5.10 Å². The van der Waals surface area contributed by atoms with Crippen molar-refractivity contribution in [2.75, 3.05) is 6.26 Å². The average molecular weight is 290 g/mol. The quantitative estimate of drug-likeness (QED) is 0.874. The molecule has 1 N–H and O–H groups in total. The Morgan fingerprint density at radius 1 is 1.40 bits per heavy atom. The fourth-order valence-corrected chi connectivity index (χ4v) is 2.46. The van der Waals surface area contributed by atoms with Crippen molar-refractivity contribution in [2.45, 2.75) is 18.2 Å². The number of thioether (sulfide) groups is 1. The van der Waals surface area contributed by atoms with Crippen molar-refractivity contribution >= 4 is 17.7 Å². The highest BCUT2D eigenvalue weighted by atomic mass is 32.2. The van der Waals surface area contributed by atoms with Gasteiger partial charge in [0.15, 0.2) is 0 Å². The van der Waals surface area contributed by atoms with Gasteiger partial charge in [-0.3, -0.25) is 4.79 Å². The first kappa shape index (κ1) is 14.3. The highest BCUT2D eigenvalue weighted by molar-refractivity contribution is 7.98. The molecule has 0 aliphatic carbocycles. The predicted octanol–water partition coefficient (Wildman–Crippen LogP) is 2.21. The number of aryl methyl sites for hydroxylation is 1. The Morgan fingerprint density at radius 3 is 2.70 bits per heavy atom. The van der Waals surface area contributed by atoms with Crippen LogP contribution >= 0.6 is 11.8 Å². The first-order chi connectivity index (χ1) is 9.58. The van der Waals surface area contributed by atoms with Crippen molar-refractivity contribution in [3.8, 4) is 5.69 Å². The molecule has 0 spiro atoms. The molecule has 0 saturated heterocycles. The van der Waals surface area contributed by atoms with Crippen LogP contribution in [-0.4, -0.2) is 27.1 Å². The zero-order chi connectivity index (χ0) is 14.7. The maximum Gasteiger partial charge on any atom is 0.360 e. The van der Waals surface area contributed by atoms with Gasteiger partial charge in [-0.15, -0.1) is 11.8 Å². The van der Waals surface area contributed by atoms with Crippen LogP contribution in [0.15, 0.2) is 40.2 Å². The Balaban J connectivity index is 2.72. The molecule has 2 rings (SSSR count). The van der Waals surface area contributed by atoms with Crippen molar-refractivity contribution in [1.82, 2.24) is 9.78 Å². The number of nitrogens with zero attached hydrogens (tertiary/aromatic N) is 2. The molecule has 0 saturated carbocycles. The number of rotatable bonds is 4. The molecule has 0 aliphatic rings. The van der Waals surface area contributed by atoms with Gasteiger partial charge in [0, 0.05) is 16.7 Å². The van der Waals surface area contributed by atoms with Gasteiger partial charge in [0.2, 0.25) is 11.1 Å². The molecule has 0 radical (unpaired) electrons. The van der Waals surface area contributed by atoms with E-state index in [2.05, 4.69) is 5.10 Å². The van der Waals surface area contributed by atoms with Crippen molar-refractivity contribution < 1.29 is 9.90 Å². The zero-order valence-corrected chi connectivity index (χ0v) is 12.0. The number of carboxylic acid groups (broad SMARTS) is 1. The summed E-state index contributed by atoms with van der Waals surface area (Å²) in [6.07, 6.45) is 3.99. The Labute approximate surface area is 120 Å². The second-order valence-corrected chi connectivity index (χ2v) is 4.96. The second-order valence-electron chi connectivity index (χ2n) is 4.11. The van der Waals surface area contributed by atoms with Crippen LogP contribution in [0.25, 0.3) is 5.69 Å². The summed E-state index contributed by atoms with van der Waals surface area (Å²) in [5, 5.41) is 13.1. The van der Waals surface area contributed by atoms with E-state index in [0.29, 0.717) is 12.0 Å². The normalized spacial score (nSPS) is 10.5. The average Bonchev–Trinajstić information content (AvgIpc) is 2.47. The molecule has 0 aliphatic heterocycles. The lowest BCUT2D eigenvalue weighted by Gasteiger charge is -2.11. The number of hydrogen-bond acceptors (Lipinski definition) is 4. The number of aromatic carboxylic acids is 1. The minimum atomic E-state index is -1.30. The molecule has 0 amide bonds. The van der Waals surface area contributed by atoms with Crippen LogP contribution in [-0.2, 0) is 6.42 Å². The van der Waals surface area contributed by atoms with Crippen LogP contribution in [0.5, 0.6) is 0 Å². The fraction of sp³-hybridized carbons (Fsp3) is 0.214. The molecule has 6 heteroatoms. The van der Waals surface area contributed by atoms with Crippen molar-refractivity contribution in [3.63, 3.8) is 0 Å². The Hall–Kier alpha value is -2.08. The van der Waals surface area contributed by atoms with E-state index in [0.717, 1.165) is 10.6 Å². The van der Waals surface area contributed by atoms with Crippen molar-refractivity contribution in [2.24, 2.45) is 0 Å². The smallest absolute Gasteiger partial charge is 0.360 e. The summed E-state index contributed by atoms with van der Waals surface area (Å²) in [7, 11) is 0. The van der Waals surface area contributed by atoms with Gasteiger partial charge in [-0.25, -0.2) is 9.48 Å². The van der Waals surface area contributed by atoms with Crippen molar-refractivity contribution in [1.29, 1.82) is 0 Å². The SMILES string of the molecule is CCc1cn(-c2ccccc2SC)nc(C(=O)O)c1=O. The summed E-state index contributed by atoms with van der Waals surface area (Å²) in [5.74, 6) is -1.30. The van der Waals surface area contributed by atoms with Gasteiger partial charge in [0.05, 0.1) is 5.69 Å². The van der Waals surface area contributed by atoms with Crippen LogP contribution in [0.4, 0.5) is 0 Å². The van der Waals surface area contributed by atoms with Crippen LogP contribution in [0.3, 0.4) is 0 Å². The maximum atomic E-state index is 11.9. The Kier molecular flexibility index (Phi) is 4.24. The third-order valence-electron chi connectivity index (χ3n) is 2.91. The molecule has 1 aromatic heterocycles. The number of benzene rings is 1. The highest BCUT2D eigenvalue weighted by Gasteiger charge is 2.16. The van der Waals surface area contributed by atoms with Crippen molar-refractivity contribution in [3.05, 3.63) is 51.9 Å². The lowest BCUT2D eigenvalue weighted by Crippen LogP contribution is -2.24. The van der Waals surface area contributed by atoms with Crippen LogP contribution in [0, 0.1) is 0 Å². The first-order valence-corrected chi connectivity index (χ1v) is 7.30. The van der Waals surface area contributed by atoms with Gasteiger partial charge in [-0.1, -0.05) is 19.1 Å². The largest absolute Gasteiger partial charge is 0.476 e. The molecule has 0 bridgehead atoms. The predicted molar refractivity (Wildman–Crippen MR) is 78.0 cm³/mol. The van der Waals surface area contributed by atoms with Gasteiger partial charge >= 0.3 is 5.97 Å². The highest BCUT2D eigenvalue weighted by Crippen LogP contribution is 2.22. The molecule has 0 unspecified atom stereocenters. The molecule has 0 atom stereocenters. The zero-order valence-electron chi connectivity index (χ0n) is 11.2. The summed E-state index contributed by atoms with van der Waals surface area (Å²) >= 11 is 1.54. The first-order valence-electron chi connectivity index (χ1n) is 6.08. The van der Waals surface area contributed by atoms with Gasteiger partial charge < -0.3 is 5.11 Å². The number of hydrogen-bond donors (Lipinski definition) is 1. The minimum absolute atomic E-state index is 0.438. The standard InChI is InChI=1S/C14H14N2O3S/c1-3-9-8-16(15-12(13(9)17)14(18)19)10-6-4-5-7-11(10)20-2/h4-8H,3H2,1-2H3,(H,18,19). The molecule has 1 aromatic carbocycles. The van der Waals surface area contributed by atoms with E-state index in [-0.39, 0.29) is 0 Å². The number of carboxylic acids is 1. The molecule has 1 heterocycles. The summed E-state index contributed by atoms with van der Waals surface area (Å²) in [6.45, 7) is 1.81. The minimum Gasteiger partial charge on any atom is -0.476 e. The van der Waals surface area contributed by atoms with E-state index in [1.165, 1.54) is 16.4 Å². The molecule has 2 aromatic rings. The van der Waals surface area contributed by atoms with Crippen LogP contribution in [0.1, 0.15) is 23.0 Å². The number of carbonyl (C=O) groups is 1. The molecular weight excluding hydrogens is 276 g/mol. The molecule has 5 nitrogen and oxygen atoms in total. The maximum absolute atomic E-state index is 11.9. The van der Waals surface area contributed by atoms with Gasteiger partial charge in [0.1, 0.15) is 0 Å². The summed E-state index contributed by atoms with van der Waals surface area (Å²) in [6, 6.07) is 7.51. The monoisotopic (exact) mass is 290 g/mol. The lowest BCUT2D eigenvalue weighted by atomic mass is 10.2. The van der Waals surface area contributed by atoms with E-state index in [1.807, 2.05) is 37.4 Å². The Bertz CT molecular complexity index is 710. The number of aromatic nitrogens is 2. The van der Waals surface area contributed by atoms with Crippen LogP contribution in [0.2, 0.25) is 0 Å². The second kappa shape index (κ2) is 5.92. The third-order valence-corrected chi connectivity index (χ3v) is 3.69.